The van der Waals surface area contributed by atoms with Gasteiger partial charge in [0, 0.05) is 12.1 Å². The molecule has 1 aromatic carbocycles. The van der Waals surface area contributed by atoms with Crippen molar-refractivity contribution in [3.05, 3.63) is 47.3 Å². The smallest absolute Gasteiger partial charge is 0.476 e. The Hall–Kier alpha value is -2.88. The Morgan fingerprint density at radius 2 is 2.03 bits per heavy atom. The lowest BCUT2D eigenvalue weighted by Crippen LogP contribution is -2.29. The van der Waals surface area contributed by atoms with Crippen LogP contribution in [0.5, 0.6) is 5.75 Å². The molecular formula is C19H20F3N3O4. The molecule has 1 aliphatic heterocycles. The number of rotatable bonds is 6. The van der Waals surface area contributed by atoms with Gasteiger partial charge in [-0.3, -0.25) is 0 Å². The lowest BCUT2D eigenvalue weighted by Gasteiger charge is -2.31. The quantitative estimate of drug-likeness (QED) is 0.739. The molecule has 7 nitrogen and oxygen atoms in total. The topological polar surface area (TPSA) is 93.6 Å². The lowest BCUT2D eigenvalue weighted by atomic mass is 9.98. The van der Waals surface area contributed by atoms with Crippen LogP contribution in [0.15, 0.2) is 30.5 Å². The zero-order chi connectivity index (χ0) is 21.0. The zero-order valence-electron chi connectivity index (χ0n) is 15.6. The van der Waals surface area contributed by atoms with E-state index in [9.17, 15) is 18.0 Å². The molecule has 2 N–H and O–H groups in total. The minimum absolute atomic E-state index is 0.112. The molecule has 0 bridgehead atoms. The molecule has 29 heavy (non-hydrogen) atoms. The number of hydrogen-bond donors (Lipinski definition) is 2. The molecule has 0 saturated carbocycles. The van der Waals surface area contributed by atoms with E-state index in [0.29, 0.717) is 17.8 Å². The number of alkyl halides is 3. The molecule has 0 spiro atoms. The van der Waals surface area contributed by atoms with Crippen LogP contribution in [0.4, 0.5) is 18.9 Å². The van der Waals surface area contributed by atoms with E-state index in [2.05, 4.69) is 20.3 Å². The van der Waals surface area contributed by atoms with Gasteiger partial charge in [-0.2, -0.15) is 5.10 Å². The van der Waals surface area contributed by atoms with Gasteiger partial charge in [0.05, 0.1) is 24.1 Å². The maximum Gasteiger partial charge on any atom is 0.573 e. The minimum atomic E-state index is -4.72. The van der Waals surface area contributed by atoms with Crippen LogP contribution in [0.25, 0.3) is 0 Å². The molecule has 3 rings (SSSR count). The van der Waals surface area contributed by atoms with Crippen molar-refractivity contribution in [2.24, 2.45) is 0 Å². The number of hydrogen-bond acceptors (Lipinski definition) is 6. The Kier molecular flexibility index (Phi) is 6.21. The number of benzene rings is 1. The Morgan fingerprint density at radius 1 is 1.31 bits per heavy atom. The van der Waals surface area contributed by atoms with Crippen molar-refractivity contribution in [2.75, 3.05) is 11.9 Å². The van der Waals surface area contributed by atoms with E-state index in [1.54, 1.807) is 19.1 Å². The van der Waals surface area contributed by atoms with Crippen LogP contribution < -0.4 is 10.1 Å². The summed E-state index contributed by atoms with van der Waals surface area (Å²) in [5.41, 5.74) is 1.72. The number of halogens is 3. The highest BCUT2D eigenvalue weighted by molar-refractivity contribution is 5.88. The highest BCUT2D eigenvalue weighted by Crippen LogP contribution is 2.33. The summed E-state index contributed by atoms with van der Waals surface area (Å²) in [6, 6.07) is 5.68. The van der Waals surface area contributed by atoms with Gasteiger partial charge in [-0.15, -0.1) is 18.3 Å². The number of carbonyl (C=O) groups is 1. The summed E-state index contributed by atoms with van der Waals surface area (Å²) < 4.78 is 46.8. The maximum atomic E-state index is 12.3. The molecule has 0 aliphatic carbocycles. The molecule has 1 fully saturated rings. The van der Waals surface area contributed by atoms with Crippen molar-refractivity contribution in [1.82, 2.24) is 10.2 Å². The van der Waals surface area contributed by atoms with Crippen molar-refractivity contribution >= 4 is 11.7 Å². The van der Waals surface area contributed by atoms with Crippen molar-refractivity contribution in [1.29, 1.82) is 0 Å². The number of aromatic carboxylic acids is 1. The number of nitrogens with zero attached hydrogens (tertiary/aromatic N) is 2. The van der Waals surface area contributed by atoms with Gasteiger partial charge in [-0.05, 0) is 43.9 Å². The Balaban J connectivity index is 1.60. The summed E-state index contributed by atoms with van der Waals surface area (Å²) in [5.74, 6) is -1.42. The molecule has 10 heteroatoms. The van der Waals surface area contributed by atoms with Crippen LogP contribution in [0, 0.1) is 6.92 Å². The number of aromatic nitrogens is 2. The van der Waals surface area contributed by atoms with E-state index in [-0.39, 0.29) is 23.7 Å². The molecule has 1 aliphatic rings. The van der Waals surface area contributed by atoms with Gasteiger partial charge in [0.25, 0.3) is 0 Å². The van der Waals surface area contributed by atoms with Crippen molar-refractivity contribution in [3.8, 4) is 5.75 Å². The summed E-state index contributed by atoms with van der Waals surface area (Å²) in [5, 5.41) is 19.6. The average Bonchev–Trinajstić information content (AvgIpc) is 2.66. The zero-order valence-corrected chi connectivity index (χ0v) is 15.6. The molecule has 0 radical (unpaired) electrons. The number of nitrogens with one attached hydrogen (secondary N) is 1. The van der Waals surface area contributed by atoms with Gasteiger partial charge in [0.2, 0.25) is 0 Å². The second-order valence-electron chi connectivity index (χ2n) is 6.71. The van der Waals surface area contributed by atoms with Crippen LogP contribution in [-0.4, -0.2) is 40.3 Å². The first kappa shape index (κ1) is 20.8. The first-order valence-electron chi connectivity index (χ1n) is 9.03. The molecule has 1 unspecified atom stereocenters. The Morgan fingerprint density at radius 3 is 2.69 bits per heavy atom. The normalized spacial score (nSPS) is 19.6. The number of anilines is 1. The largest absolute Gasteiger partial charge is 0.573 e. The van der Waals surface area contributed by atoms with Crippen LogP contribution >= 0.6 is 0 Å². The van der Waals surface area contributed by atoms with E-state index < -0.39 is 12.3 Å². The third kappa shape index (κ3) is 5.57. The molecule has 2 heterocycles. The Labute approximate surface area is 164 Å². The molecule has 2 atom stereocenters. The fraction of sp³-hybridized carbons (Fsp3) is 0.421. The van der Waals surface area contributed by atoms with Gasteiger partial charge < -0.3 is 19.9 Å². The molecule has 156 valence electrons. The first-order chi connectivity index (χ1) is 13.7. The van der Waals surface area contributed by atoms with E-state index in [4.69, 9.17) is 9.84 Å². The minimum Gasteiger partial charge on any atom is -0.476 e. The predicted molar refractivity (Wildman–Crippen MR) is 96.8 cm³/mol. The molecule has 0 amide bonds. The summed E-state index contributed by atoms with van der Waals surface area (Å²) >= 11 is 0. The maximum absolute atomic E-state index is 12.3. The third-order valence-electron chi connectivity index (χ3n) is 4.66. The highest BCUT2D eigenvalue weighted by Gasteiger charge is 2.31. The van der Waals surface area contributed by atoms with Crippen LogP contribution in [0.1, 0.15) is 47.0 Å². The van der Waals surface area contributed by atoms with Gasteiger partial charge in [-0.25, -0.2) is 4.79 Å². The summed E-state index contributed by atoms with van der Waals surface area (Å²) in [4.78, 5) is 11.2. The Bertz CT molecular complexity index is 859. The average molecular weight is 411 g/mol. The van der Waals surface area contributed by atoms with E-state index in [1.165, 1.54) is 18.3 Å². The van der Waals surface area contributed by atoms with E-state index in [1.807, 2.05) is 0 Å². The second kappa shape index (κ2) is 8.64. The summed E-state index contributed by atoms with van der Waals surface area (Å²) in [7, 11) is 0. The standard InChI is InChI=1S/C19H20F3N3O4/c1-11-15(10-24-25-17(11)18(26)27)23-9-14-3-2-4-16(28-14)12-5-7-13(8-6-12)29-19(20,21)22/h5-8,10,14,16H,2-4,9H2,1H3,(H,23,25)(H,26,27)/t14?,16-/m0/s1. The number of carboxylic acids is 1. The first-order valence-corrected chi connectivity index (χ1v) is 9.03. The molecule has 2 aromatic rings. The van der Waals surface area contributed by atoms with Gasteiger partial charge in [0.15, 0.2) is 5.69 Å². The van der Waals surface area contributed by atoms with E-state index >= 15 is 0 Å². The SMILES string of the molecule is Cc1c(NCC2CCC[C@@H](c3ccc(OC(F)(F)F)cc3)O2)cnnc1C(=O)O. The predicted octanol–water partition coefficient (Wildman–Crippen LogP) is 4.10. The number of ether oxygens (including phenoxy) is 2. The highest BCUT2D eigenvalue weighted by atomic mass is 19.4. The fourth-order valence-electron chi connectivity index (χ4n) is 3.23. The van der Waals surface area contributed by atoms with Gasteiger partial charge >= 0.3 is 12.3 Å². The van der Waals surface area contributed by atoms with Crippen LogP contribution in [0.2, 0.25) is 0 Å². The third-order valence-corrected chi connectivity index (χ3v) is 4.66. The molecule has 1 saturated heterocycles. The second-order valence-corrected chi connectivity index (χ2v) is 6.71. The van der Waals surface area contributed by atoms with Crippen LogP contribution in [-0.2, 0) is 4.74 Å². The number of carboxylic acid groups (broad SMARTS) is 1. The monoisotopic (exact) mass is 411 g/mol. The molecule has 1 aromatic heterocycles. The molecular weight excluding hydrogens is 391 g/mol. The van der Waals surface area contributed by atoms with Gasteiger partial charge in [0.1, 0.15) is 5.75 Å². The fourth-order valence-corrected chi connectivity index (χ4v) is 3.23. The van der Waals surface area contributed by atoms with Crippen molar-refractivity contribution in [2.45, 2.75) is 44.8 Å². The summed E-state index contributed by atoms with van der Waals surface area (Å²) in [6.07, 6.45) is -1.17. The van der Waals surface area contributed by atoms with Crippen molar-refractivity contribution < 1.29 is 32.5 Å². The van der Waals surface area contributed by atoms with Gasteiger partial charge in [-0.1, -0.05) is 12.1 Å². The summed E-state index contributed by atoms with van der Waals surface area (Å²) in [6.45, 7) is 2.09. The van der Waals surface area contributed by atoms with Crippen LogP contribution in [0.3, 0.4) is 0 Å². The lowest BCUT2D eigenvalue weighted by molar-refractivity contribution is -0.274. The van der Waals surface area contributed by atoms with E-state index in [0.717, 1.165) is 24.8 Å². The van der Waals surface area contributed by atoms with Crippen molar-refractivity contribution in [3.63, 3.8) is 0 Å².